The molecule has 5 heteroatoms. The van der Waals surface area contributed by atoms with Crippen LogP contribution in [0.5, 0.6) is 0 Å². The van der Waals surface area contributed by atoms with Crippen molar-refractivity contribution in [3.63, 3.8) is 0 Å². The molecular weight excluding hydrogens is 324 g/mol. The largest absolute Gasteiger partial charge is 0.350 e. The van der Waals surface area contributed by atoms with Gasteiger partial charge in [-0.15, -0.1) is 11.3 Å². The van der Waals surface area contributed by atoms with Crippen LogP contribution in [0.15, 0.2) is 15.9 Å². The summed E-state index contributed by atoms with van der Waals surface area (Å²) >= 11 is 5.10. The second-order valence-electron chi connectivity index (χ2n) is 5.08. The maximum absolute atomic E-state index is 12.2. The number of thiophene rings is 1. The van der Waals surface area contributed by atoms with E-state index in [0.717, 1.165) is 17.6 Å². The lowest BCUT2D eigenvalue weighted by Gasteiger charge is -2.26. The lowest BCUT2D eigenvalue weighted by Crippen LogP contribution is -2.45. The van der Waals surface area contributed by atoms with Crippen molar-refractivity contribution < 1.29 is 4.79 Å². The molecule has 1 unspecified atom stereocenters. The van der Waals surface area contributed by atoms with Gasteiger partial charge in [-0.25, -0.2) is 0 Å². The smallest absolute Gasteiger partial charge is 0.237 e. The van der Waals surface area contributed by atoms with Gasteiger partial charge in [0.2, 0.25) is 5.91 Å². The van der Waals surface area contributed by atoms with Gasteiger partial charge in [0.05, 0.1) is 12.6 Å². The van der Waals surface area contributed by atoms with Crippen molar-refractivity contribution >= 4 is 33.2 Å². The number of carbonyl (C=O) groups is 1. The molecule has 1 aromatic heterocycles. The van der Waals surface area contributed by atoms with E-state index in [0.29, 0.717) is 6.54 Å². The van der Waals surface area contributed by atoms with Gasteiger partial charge in [0.25, 0.3) is 0 Å². The first kappa shape index (κ1) is 15.0. The zero-order chi connectivity index (χ0) is 13.7. The average Bonchev–Trinajstić information content (AvgIpc) is 2.67. The van der Waals surface area contributed by atoms with Gasteiger partial charge in [-0.05, 0) is 54.9 Å². The van der Waals surface area contributed by atoms with Crippen molar-refractivity contribution in [2.45, 2.75) is 45.2 Å². The molecule has 1 aromatic rings. The number of hydrogen-bond donors (Lipinski definition) is 1. The van der Waals surface area contributed by atoms with Gasteiger partial charge in [-0.3, -0.25) is 9.69 Å². The second-order valence-corrected chi connectivity index (χ2v) is 6.99. The van der Waals surface area contributed by atoms with Crippen LogP contribution >= 0.6 is 27.3 Å². The summed E-state index contributed by atoms with van der Waals surface area (Å²) in [4.78, 5) is 15.7. The van der Waals surface area contributed by atoms with E-state index in [1.54, 1.807) is 11.3 Å². The number of nitrogens with one attached hydrogen (secondary N) is 1. The van der Waals surface area contributed by atoms with Crippen LogP contribution in [-0.4, -0.2) is 29.9 Å². The molecule has 2 rings (SSSR count). The number of halogens is 1. The lowest BCUT2D eigenvalue weighted by atomic mass is 10.2. The molecule has 2 heterocycles. The summed E-state index contributed by atoms with van der Waals surface area (Å²) < 4.78 is 1.09. The summed E-state index contributed by atoms with van der Waals surface area (Å²) in [6, 6.07) is 2.04. The highest BCUT2D eigenvalue weighted by Crippen LogP contribution is 2.19. The Balaban J connectivity index is 1.81. The monoisotopic (exact) mass is 344 g/mol. The van der Waals surface area contributed by atoms with Crippen molar-refractivity contribution in [2.75, 3.05) is 13.1 Å². The fourth-order valence-corrected chi connectivity index (χ4v) is 3.81. The maximum Gasteiger partial charge on any atom is 0.237 e. The first-order valence-electron chi connectivity index (χ1n) is 6.91. The zero-order valence-corrected chi connectivity index (χ0v) is 13.7. The Morgan fingerprint density at radius 1 is 1.42 bits per heavy atom. The summed E-state index contributed by atoms with van der Waals surface area (Å²) in [7, 11) is 0. The minimum Gasteiger partial charge on any atom is -0.350 e. The highest BCUT2D eigenvalue weighted by atomic mass is 79.9. The number of carbonyl (C=O) groups excluding carboxylic acids is 1. The van der Waals surface area contributed by atoms with Gasteiger partial charge in [0.1, 0.15) is 0 Å². The lowest BCUT2D eigenvalue weighted by molar-refractivity contribution is -0.126. The molecule has 0 radical (unpaired) electrons. The minimum absolute atomic E-state index is 0.0125. The van der Waals surface area contributed by atoms with Crippen molar-refractivity contribution in [1.82, 2.24) is 10.2 Å². The van der Waals surface area contributed by atoms with Gasteiger partial charge in [-0.2, -0.15) is 0 Å². The standard InChI is InChI=1S/C14H21BrN2OS/c1-11(17-6-4-2-3-5-7-17)14(18)16-9-13-8-12(15)10-19-13/h8,10-11H,2-7,9H2,1H3,(H,16,18). The summed E-state index contributed by atoms with van der Waals surface area (Å²) in [5.74, 6) is 0.145. The molecule has 1 N–H and O–H groups in total. The molecule has 0 aromatic carbocycles. The van der Waals surface area contributed by atoms with Crippen LogP contribution in [0.1, 0.15) is 37.5 Å². The van der Waals surface area contributed by atoms with Crippen LogP contribution in [0.4, 0.5) is 0 Å². The fraction of sp³-hybridized carbons (Fsp3) is 0.643. The SMILES string of the molecule is CC(C(=O)NCc1cc(Br)cs1)N1CCCCCC1. The summed E-state index contributed by atoms with van der Waals surface area (Å²) in [6.45, 7) is 4.76. The molecule has 0 aliphatic carbocycles. The van der Waals surface area contributed by atoms with E-state index >= 15 is 0 Å². The zero-order valence-electron chi connectivity index (χ0n) is 11.3. The van der Waals surface area contributed by atoms with Gasteiger partial charge in [0, 0.05) is 14.7 Å². The van der Waals surface area contributed by atoms with Gasteiger partial charge < -0.3 is 5.32 Å². The first-order valence-corrected chi connectivity index (χ1v) is 8.59. The number of hydrogen-bond acceptors (Lipinski definition) is 3. The molecule has 0 bridgehead atoms. The predicted molar refractivity (Wildman–Crippen MR) is 83.4 cm³/mol. The van der Waals surface area contributed by atoms with E-state index in [1.807, 2.05) is 12.3 Å². The van der Waals surface area contributed by atoms with Crippen LogP contribution in [0.3, 0.4) is 0 Å². The maximum atomic E-state index is 12.2. The first-order chi connectivity index (χ1) is 9.16. The summed E-state index contributed by atoms with van der Waals surface area (Å²) in [6.07, 6.45) is 5.03. The van der Waals surface area contributed by atoms with Gasteiger partial charge in [0.15, 0.2) is 0 Å². The minimum atomic E-state index is -0.0125. The van der Waals surface area contributed by atoms with E-state index in [1.165, 1.54) is 30.6 Å². The summed E-state index contributed by atoms with van der Waals surface area (Å²) in [5, 5.41) is 5.08. The van der Waals surface area contributed by atoms with Gasteiger partial charge >= 0.3 is 0 Å². The van der Waals surface area contributed by atoms with Crippen LogP contribution in [0.2, 0.25) is 0 Å². The van der Waals surface area contributed by atoms with Crippen LogP contribution < -0.4 is 5.32 Å². The summed E-state index contributed by atoms with van der Waals surface area (Å²) in [5.41, 5.74) is 0. The topological polar surface area (TPSA) is 32.3 Å². The Hall–Kier alpha value is -0.390. The molecule has 106 valence electrons. The molecule has 1 aliphatic rings. The molecule has 19 heavy (non-hydrogen) atoms. The predicted octanol–water partition coefficient (Wildman–Crippen LogP) is 3.39. The third kappa shape index (κ3) is 4.58. The Labute approximate surface area is 127 Å². The number of amides is 1. The molecule has 1 fully saturated rings. The van der Waals surface area contributed by atoms with Crippen molar-refractivity contribution in [3.05, 3.63) is 20.8 Å². The third-order valence-corrected chi connectivity index (χ3v) is 5.32. The molecule has 0 spiro atoms. The van der Waals surface area contributed by atoms with E-state index in [2.05, 4.69) is 32.2 Å². The fourth-order valence-electron chi connectivity index (χ4n) is 2.42. The van der Waals surface area contributed by atoms with Crippen molar-refractivity contribution in [3.8, 4) is 0 Å². The third-order valence-electron chi connectivity index (χ3n) is 3.63. The Bertz CT molecular complexity index is 413. The molecular formula is C14H21BrN2OS. The molecule has 1 amide bonds. The normalized spacial score (nSPS) is 18.8. The molecule has 3 nitrogen and oxygen atoms in total. The Morgan fingerprint density at radius 3 is 2.68 bits per heavy atom. The van der Waals surface area contributed by atoms with Crippen LogP contribution in [0.25, 0.3) is 0 Å². The highest BCUT2D eigenvalue weighted by molar-refractivity contribution is 9.10. The van der Waals surface area contributed by atoms with Crippen LogP contribution in [0, 0.1) is 0 Å². The Kier molecular flexibility index (Phi) is 5.85. The highest BCUT2D eigenvalue weighted by Gasteiger charge is 2.21. The molecule has 0 saturated carbocycles. The Morgan fingerprint density at radius 2 is 2.11 bits per heavy atom. The van der Waals surface area contributed by atoms with Gasteiger partial charge in [-0.1, -0.05) is 12.8 Å². The number of likely N-dealkylation sites (tertiary alicyclic amines) is 1. The van der Waals surface area contributed by atoms with E-state index in [4.69, 9.17) is 0 Å². The second kappa shape index (κ2) is 7.41. The van der Waals surface area contributed by atoms with E-state index < -0.39 is 0 Å². The van der Waals surface area contributed by atoms with E-state index in [-0.39, 0.29) is 11.9 Å². The van der Waals surface area contributed by atoms with Crippen molar-refractivity contribution in [2.24, 2.45) is 0 Å². The van der Waals surface area contributed by atoms with Crippen molar-refractivity contribution in [1.29, 1.82) is 0 Å². The number of nitrogens with zero attached hydrogens (tertiary/aromatic N) is 1. The quantitative estimate of drug-likeness (QED) is 0.907. The average molecular weight is 345 g/mol. The molecule has 1 aliphatic heterocycles. The van der Waals surface area contributed by atoms with E-state index in [9.17, 15) is 4.79 Å². The number of rotatable bonds is 4. The van der Waals surface area contributed by atoms with Crippen LogP contribution in [-0.2, 0) is 11.3 Å². The molecule has 1 saturated heterocycles. The molecule has 1 atom stereocenters.